The summed E-state index contributed by atoms with van der Waals surface area (Å²) in [6.45, 7) is 1.66. The van der Waals surface area contributed by atoms with Crippen LogP contribution in [0.2, 0.25) is 0 Å². The molecule has 28 heavy (non-hydrogen) atoms. The van der Waals surface area contributed by atoms with Gasteiger partial charge in [-0.15, -0.1) is 0 Å². The van der Waals surface area contributed by atoms with Gasteiger partial charge in [0.2, 0.25) is 10.0 Å². The number of benzene rings is 2. The van der Waals surface area contributed by atoms with Gasteiger partial charge in [-0.05, 0) is 36.4 Å². The third kappa shape index (κ3) is 4.78. The predicted octanol–water partition coefficient (Wildman–Crippen LogP) is 3.40. The van der Waals surface area contributed by atoms with E-state index in [1.54, 1.807) is 6.92 Å². The van der Waals surface area contributed by atoms with Crippen molar-refractivity contribution < 1.29 is 35.5 Å². The largest absolute Gasteiger partial charge is 0.495 e. The van der Waals surface area contributed by atoms with E-state index >= 15 is 0 Å². The summed E-state index contributed by atoms with van der Waals surface area (Å²) in [7, 11) is -2.72. The van der Waals surface area contributed by atoms with Crippen molar-refractivity contribution in [1.82, 2.24) is 4.72 Å². The molecule has 0 aromatic heterocycles. The van der Waals surface area contributed by atoms with Gasteiger partial charge in [-0.2, -0.15) is 13.2 Å². The molecule has 0 aliphatic rings. The topological polar surface area (TPSA) is 84.5 Å². The number of carbonyl (C=O) groups is 1. The second-order valence-corrected chi connectivity index (χ2v) is 7.25. The number of amides is 1. The quantitative estimate of drug-likeness (QED) is 0.702. The summed E-state index contributed by atoms with van der Waals surface area (Å²) in [5, 5.41) is 2.18. The van der Waals surface area contributed by atoms with Crippen LogP contribution in [0, 0.1) is 5.82 Å². The van der Waals surface area contributed by atoms with Crippen LogP contribution >= 0.6 is 0 Å². The van der Waals surface area contributed by atoms with Crippen LogP contribution in [0.3, 0.4) is 0 Å². The molecule has 0 heterocycles. The number of alkyl halides is 3. The Morgan fingerprint density at radius 1 is 1.14 bits per heavy atom. The molecule has 0 saturated heterocycles. The van der Waals surface area contributed by atoms with Gasteiger partial charge in [0, 0.05) is 17.8 Å². The molecule has 0 aliphatic carbocycles. The summed E-state index contributed by atoms with van der Waals surface area (Å²) in [5.41, 5.74) is -1.98. The van der Waals surface area contributed by atoms with Crippen LogP contribution < -0.4 is 14.8 Å². The lowest BCUT2D eigenvalue weighted by molar-refractivity contribution is -0.139. The molecule has 2 N–H and O–H groups in total. The molecule has 0 saturated carbocycles. The van der Waals surface area contributed by atoms with Gasteiger partial charge in [0.05, 0.1) is 12.7 Å². The Labute approximate surface area is 158 Å². The molecule has 6 nitrogen and oxygen atoms in total. The van der Waals surface area contributed by atoms with Gasteiger partial charge in [-0.3, -0.25) is 4.79 Å². The summed E-state index contributed by atoms with van der Waals surface area (Å²) >= 11 is 0. The van der Waals surface area contributed by atoms with Crippen LogP contribution in [0.1, 0.15) is 22.8 Å². The monoisotopic (exact) mass is 420 g/mol. The number of carbonyl (C=O) groups excluding carboxylic acids is 1. The number of hydrogen-bond donors (Lipinski definition) is 2. The summed E-state index contributed by atoms with van der Waals surface area (Å²) in [4.78, 5) is 12.0. The zero-order valence-electron chi connectivity index (χ0n) is 14.7. The molecule has 152 valence electrons. The minimum atomic E-state index is -4.93. The minimum Gasteiger partial charge on any atom is -0.495 e. The Hall–Kier alpha value is -2.66. The minimum absolute atomic E-state index is 0.0151. The molecular weight excluding hydrogens is 404 g/mol. The first-order valence-electron chi connectivity index (χ1n) is 7.85. The molecule has 0 radical (unpaired) electrons. The van der Waals surface area contributed by atoms with E-state index in [0.29, 0.717) is 12.1 Å². The number of halogens is 4. The van der Waals surface area contributed by atoms with Crippen molar-refractivity contribution in [2.24, 2.45) is 0 Å². The molecule has 2 rings (SSSR count). The molecule has 0 atom stereocenters. The van der Waals surface area contributed by atoms with E-state index in [9.17, 15) is 30.8 Å². The SMILES string of the molecule is CCNS(=O)(=O)c1cc(C(=O)Nc2ccc(F)c(C(F)(F)F)c2)ccc1OC. The van der Waals surface area contributed by atoms with Crippen LogP contribution in [0.5, 0.6) is 5.75 Å². The van der Waals surface area contributed by atoms with Gasteiger partial charge in [-0.25, -0.2) is 17.5 Å². The van der Waals surface area contributed by atoms with Crippen molar-refractivity contribution >= 4 is 21.6 Å². The van der Waals surface area contributed by atoms with Crippen molar-refractivity contribution in [2.45, 2.75) is 18.0 Å². The highest BCUT2D eigenvalue weighted by Gasteiger charge is 2.34. The summed E-state index contributed by atoms with van der Waals surface area (Å²) in [6.07, 6.45) is -4.93. The summed E-state index contributed by atoms with van der Waals surface area (Å²) in [5.74, 6) is -2.37. The van der Waals surface area contributed by atoms with Crippen molar-refractivity contribution in [3.8, 4) is 5.75 Å². The lowest BCUT2D eigenvalue weighted by Crippen LogP contribution is -2.24. The van der Waals surface area contributed by atoms with E-state index in [-0.39, 0.29) is 28.4 Å². The number of hydrogen-bond acceptors (Lipinski definition) is 4. The first kappa shape index (κ1) is 21.6. The van der Waals surface area contributed by atoms with Crippen LogP contribution in [0.4, 0.5) is 23.2 Å². The van der Waals surface area contributed by atoms with Crippen molar-refractivity contribution in [3.05, 3.63) is 53.3 Å². The molecule has 0 spiro atoms. The molecule has 11 heteroatoms. The maximum Gasteiger partial charge on any atom is 0.419 e. The van der Waals surface area contributed by atoms with E-state index in [1.807, 2.05) is 0 Å². The lowest BCUT2D eigenvalue weighted by atomic mass is 10.1. The van der Waals surface area contributed by atoms with Gasteiger partial charge in [0.1, 0.15) is 16.5 Å². The maximum absolute atomic E-state index is 13.3. The number of anilines is 1. The van der Waals surface area contributed by atoms with E-state index < -0.39 is 33.5 Å². The van der Waals surface area contributed by atoms with Gasteiger partial charge >= 0.3 is 6.18 Å². The Bertz CT molecular complexity index is 991. The Balaban J connectivity index is 2.38. The van der Waals surface area contributed by atoms with Gasteiger partial charge in [-0.1, -0.05) is 6.92 Å². The van der Waals surface area contributed by atoms with Crippen LogP contribution in [0.25, 0.3) is 0 Å². The number of sulfonamides is 1. The average Bonchev–Trinajstić information content (AvgIpc) is 2.61. The fourth-order valence-electron chi connectivity index (χ4n) is 2.32. The average molecular weight is 420 g/mol. The van der Waals surface area contributed by atoms with Gasteiger partial charge in [0.25, 0.3) is 5.91 Å². The highest BCUT2D eigenvalue weighted by Crippen LogP contribution is 2.33. The Morgan fingerprint density at radius 2 is 1.82 bits per heavy atom. The van der Waals surface area contributed by atoms with E-state index in [0.717, 1.165) is 12.1 Å². The second kappa shape index (κ2) is 8.15. The van der Waals surface area contributed by atoms with Gasteiger partial charge in [0.15, 0.2) is 0 Å². The number of methoxy groups -OCH3 is 1. The smallest absolute Gasteiger partial charge is 0.419 e. The van der Waals surface area contributed by atoms with Crippen molar-refractivity contribution in [2.75, 3.05) is 19.0 Å². The number of rotatable bonds is 6. The standard InChI is InChI=1S/C17H16F4N2O4S/c1-3-22-28(25,26)15-8-10(4-7-14(15)27-2)16(24)23-11-5-6-13(18)12(9-11)17(19,20)21/h4-9,22H,3H2,1-2H3,(H,23,24). The van der Waals surface area contributed by atoms with E-state index in [4.69, 9.17) is 4.74 Å². The molecule has 0 unspecified atom stereocenters. The zero-order valence-corrected chi connectivity index (χ0v) is 15.5. The summed E-state index contributed by atoms with van der Waals surface area (Å²) < 4.78 is 83.4. The van der Waals surface area contributed by atoms with Crippen LogP contribution in [-0.4, -0.2) is 28.0 Å². The Kier molecular flexibility index (Phi) is 6.30. The fourth-order valence-corrected chi connectivity index (χ4v) is 3.55. The predicted molar refractivity (Wildman–Crippen MR) is 93.2 cm³/mol. The molecule has 0 bridgehead atoms. The normalized spacial score (nSPS) is 11.9. The number of ether oxygens (including phenoxy) is 1. The highest BCUT2D eigenvalue weighted by molar-refractivity contribution is 7.89. The molecule has 0 aliphatic heterocycles. The van der Waals surface area contributed by atoms with Crippen molar-refractivity contribution in [3.63, 3.8) is 0 Å². The summed E-state index contributed by atoms with van der Waals surface area (Å²) in [6, 6.07) is 5.50. The number of nitrogens with one attached hydrogen (secondary N) is 2. The van der Waals surface area contributed by atoms with Crippen molar-refractivity contribution in [1.29, 1.82) is 0 Å². The second-order valence-electron chi connectivity index (χ2n) is 5.51. The van der Waals surface area contributed by atoms with E-state index in [1.165, 1.54) is 19.2 Å². The van der Waals surface area contributed by atoms with Crippen LogP contribution in [0.15, 0.2) is 41.3 Å². The van der Waals surface area contributed by atoms with E-state index in [2.05, 4.69) is 10.0 Å². The third-order valence-corrected chi connectivity index (χ3v) is 5.15. The van der Waals surface area contributed by atoms with Crippen LogP contribution in [-0.2, 0) is 16.2 Å². The molecule has 1 amide bonds. The first-order chi connectivity index (χ1) is 13.0. The lowest BCUT2D eigenvalue weighted by Gasteiger charge is -2.13. The maximum atomic E-state index is 13.3. The first-order valence-corrected chi connectivity index (χ1v) is 9.33. The fraction of sp³-hybridized carbons (Fsp3) is 0.235. The molecular formula is C17H16F4N2O4S. The molecule has 0 fully saturated rings. The molecule has 2 aromatic rings. The zero-order chi connectivity index (χ0) is 21.1. The molecule has 2 aromatic carbocycles. The van der Waals surface area contributed by atoms with Gasteiger partial charge < -0.3 is 10.1 Å². The Morgan fingerprint density at radius 3 is 2.39 bits per heavy atom. The third-order valence-electron chi connectivity index (χ3n) is 3.58. The highest BCUT2D eigenvalue weighted by atomic mass is 32.2.